The van der Waals surface area contributed by atoms with Crippen LogP contribution in [-0.4, -0.2) is 16.5 Å². The Morgan fingerprint density at radius 2 is 2.33 bits per heavy atom. The number of nitrogens with zero attached hydrogens (tertiary/aromatic N) is 3. The predicted octanol–water partition coefficient (Wildman–Crippen LogP) is 2.61. The van der Waals surface area contributed by atoms with Crippen molar-refractivity contribution in [2.75, 3.05) is 16.9 Å². The molecule has 0 aliphatic carbocycles. The molecule has 0 radical (unpaired) electrons. The van der Waals surface area contributed by atoms with E-state index >= 15 is 0 Å². The zero-order valence-electron chi connectivity index (χ0n) is 9.93. The molecule has 0 bridgehead atoms. The number of nitrogens with two attached hydrogens (primary N) is 1. The Morgan fingerprint density at radius 3 is 2.94 bits per heavy atom. The second kappa shape index (κ2) is 6.12. The lowest BCUT2D eigenvalue weighted by molar-refractivity contribution is 0.816. The van der Waals surface area contributed by atoms with E-state index in [9.17, 15) is 0 Å². The Labute approximate surface area is 118 Å². The number of rotatable bonds is 5. The Hall–Kier alpha value is -1.18. The van der Waals surface area contributed by atoms with Gasteiger partial charge in [-0.15, -0.1) is 11.3 Å². The first-order valence-corrected chi connectivity index (χ1v) is 7.18. The standard InChI is InChI=1S/C11H14BrN5S/c1-2-17(6-8-4-3-5-18-8)11-9(12)10(16-13)14-7-15-11/h3-5,7H,2,6,13H2,1H3,(H,14,15,16). The van der Waals surface area contributed by atoms with Crippen molar-refractivity contribution in [3.8, 4) is 0 Å². The van der Waals surface area contributed by atoms with Crippen LogP contribution in [0, 0.1) is 0 Å². The molecule has 2 aromatic rings. The molecule has 0 aliphatic rings. The van der Waals surface area contributed by atoms with Crippen molar-refractivity contribution in [2.24, 2.45) is 5.84 Å². The SMILES string of the molecule is CCN(Cc1cccs1)c1ncnc(NN)c1Br. The van der Waals surface area contributed by atoms with Gasteiger partial charge in [-0.3, -0.25) is 0 Å². The Kier molecular flexibility index (Phi) is 4.51. The number of hydrazine groups is 1. The molecule has 0 saturated heterocycles. The first kappa shape index (κ1) is 13.3. The quantitative estimate of drug-likeness (QED) is 0.652. The summed E-state index contributed by atoms with van der Waals surface area (Å²) < 4.78 is 0.783. The average Bonchev–Trinajstić information content (AvgIpc) is 2.89. The van der Waals surface area contributed by atoms with Crippen LogP contribution in [0.3, 0.4) is 0 Å². The third kappa shape index (κ3) is 2.80. The summed E-state index contributed by atoms with van der Waals surface area (Å²) >= 11 is 5.22. The maximum Gasteiger partial charge on any atom is 0.159 e. The van der Waals surface area contributed by atoms with Gasteiger partial charge in [0.2, 0.25) is 0 Å². The molecule has 0 atom stereocenters. The third-order valence-corrected chi connectivity index (χ3v) is 4.11. The van der Waals surface area contributed by atoms with Crippen LogP contribution < -0.4 is 16.2 Å². The maximum absolute atomic E-state index is 5.41. The lowest BCUT2D eigenvalue weighted by atomic mass is 10.4. The smallest absolute Gasteiger partial charge is 0.159 e. The zero-order valence-corrected chi connectivity index (χ0v) is 12.3. The van der Waals surface area contributed by atoms with Crippen molar-refractivity contribution >= 4 is 38.9 Å². The molecule has 2 aromatic heterocycles. The normalized spacial score (nSPS) is 10.4. The summed E-state index contributed by atoms with van der Waals surface area (Å²) in [4.78, 5) is 11.8. The highest BCUT2D eigenvalue weighted by Crippen LogP contribution is 2.30. The van der Waals surface area contributed by atoms with Gasteiger partial charge in [0.1, 0.15) is 16.6 Å². The summed E-state index contributed by atoms with van der Waals surface area (Å²) in [7, 11) is 0. The molecule has 18 heavy (non-hydrogen) atoms. The van der Waals surface area contributed by atoms with E-state index in [-0.39, 0.29) is 0 Å². The van der Waals surface area contributed by atoms with Gasteiger partial charge < -0.3 is 10.3 Å². The molecule has 0 saturated carbocycles. The number of thiophene rings is 1. The van der Waals surface area contributed by atoms with Gasteiger partial charge in [0.05, 0.1) is 6.54 Å². The van der Waals surface area contributed by atoms with Gasteiger partial charge in [0.15, 0.2) is 5.82 Å². The highest BCUT2D eigenvalue weighted by Gasteiger charge is 2.14. The molecule has 2 rings (SSSR count). The van der Waals surface area contributed by atoms with Crippen molar-refractivity contribution in [1.29, 1.82) is 0 Å². The fourth-order valence-electron chi connectivity index (χ4n) is 1.61. The monoisotopic (exact) mass is 327 g/mol. The van der Waals surface area contributed by atoms with E-state index in [1.165, 1.54) is 11.2 Å². The van der Waals surface area contributed by atoms with E-state index in [0.29, 0.717) is 5.82 Å². The largest absolute Gasteiger partial charge is 0.351 e. The topological polar surface area (TPSA) is 67.1 Å². The van der Waals surface area contributed by atoms with Crippen LogP contribution in [0.1, 0.15) is 11.8 Å². The molecule has 2 heterocycles. The lowest BCUT2D eigenvalue weighted by Gasteiger charge is -2.22. The summed E-state index contributed by atoms with van der Waals surface area (Å²) in [5.41, 5.74) is 2.55. The average molecular weight is 328 g/mol. The molecule has 0 unspecified atom stereocenters. The zero-order chi connectivity index (χ0) is 13.0. The van der Waals surface area contributed by atoms with E-state index in [4.69, 9.17) is 5.84 Å². The number of nitrogens with one attached hydrogen (secondary N) is 1. The highest BCUT2D eigenvalue weighted by atomic mass is 79.9. The molecule has 0 spiro atoms. The number of hydrogen-bond donors (Lipinski definition) is 2. The number of hydrogen-bond acceptors (Lipinski definition) is 6. The highest BCUT2D eigenvalue weighted by molar-refractivity contribution is 9.10. The molecule has 3 N–H and O–H groups in total. The van der Waals surface area contributed by atoms with Crippen molar-refractivity contribution in [1.82, 2.24) is 9.97 Å². The fourth-order valence-corrected chi connectivity index (χ4v) is 2.90. The van der Waals surface area contributed by atoms with Crippen LogP contribution >= 0.6 is 27.3 Å². The summed E-state index contributed by atoms with van der Waals surface area (Å²) in [5.74, 6) is 6.84. The summed E-state index contributed by atoms with van der Waals surface area (Å²) in [5, 5.41) is 2.07. The van der Waals surface area contributed by atoms with Crippen LogP contribution in [0.25, 0.3) is 0 Å². The van der Waals surface area contributed by atoms with E-state index in [0.717, 1.165) is 23.4 Å². The lowest BCUT2D eigenvalue weighted by Crippen LogP contribution is -2.24. The molecular formula is C11H14BrN5S. The minimum absolute atomic E-state index is 0.588. The van der Waals surface area contributed by atoms with E-state index in [1.54, 1.807) is 11.3 Å². The van der Waals surface area contributed by atoms with E-state index in [1.807, 2.05) is 0 Å². The van der Waals surface area contributed by atoms with Gasteiger partial charge in [-0.25, -0.2) is 15.8 Å². The van der Waals surface area contributed by atoms with Crippen molar-refractivity contribution < 1.29 is 0 Å². The molecule has 7 heteroatoms. The van der Waals surface area contributed by atoms with Crippen molar-refractivity contribution in [3.05, 3.63) is 33.2 Å². The third-order valence-electron chi connectivity index (χ3n) is 2.52. The first-order chi connectivity index (χ1) is 8.76. The Morgan fingerprint density at radius 1 is 1.50 bits per heavy atom. The van der Waals surface area contributed by atoms with Crippen LogP contribution in [0.5, 0.6) is 0 Å². The van der Waals surface area contributed by atoms with Crippen LogP contribution in [0.2, 0.25) is 0 Å². The molecule has 0 amide bonds. The fraction of sp³-hybridized carbons (Fsp3) is 0.273. The first-order valence-electron chi connectivity index (χ1n) is 5.50. The molecule has 96 valence electrons. The Bertz CT molecular complexity index is 502. The van der Waals surface area contributed by atoms with E-state index in [2.05, 4.69) is 60.7 Å². The van der Waals surface area contributed by atoms with Crippen LogP contribution in [0.15, 0.2) is 28.3 Å². The molecular weight excluding hydrogens is 314 g/mol. The molecule has 5 nitrogen and oxygen atoms in total. The number of halogens is 1. The van der Waals surface area contributed by atoms with Crippen LogP contribution in [-0.2, 0) is 6.54 Å². The minimum atomic E-state index is 0.588. The summed E-state index contributed by atoms with van der Waals surface area (Å²) in [6.07, 6.45) is 1.51. The van der Waals surface area contributed by atoms with Gasteiger partial charge in [-0.2, -0.15) is 0 Å². The second-order valence-electron chi connectivity index (χ2n) is 3.60. The maximum atomic E-state index is 5.41. The molecule has 0 aromatic carbocycles. The minimum Gasteiger partial charge on any atom is -0.351 e. The number of anilines is 2. The van der Waals surface area contributed by atoms with Crippen molar-refractivity contribution in [2.45, 2.75) is 13.5 Å². The van der Waals surface area contributed by atoms with Gasteiger partial charge in [-0.05, 0) is 34.3 Å². The summed E-state index contributed by atoms with van der Waals surface area (Å²) in [6, 6.07) is 4.17. The Balaban J connectivity index is 2.27. The van der Waals surface area contributed by atoms with Gasteiger partial charge in [-0.1, -0.05) is 6.07 Å². The predicted molar refractivity (Wildman–Crippen MR) is 78.6 cm³/mol. The van der Waals surface area contributed by atoms with Gasteiger partial charge >= 0.3 is 0 Å². The molecule has 0 fully saturated rings. The van der Waals surface area contributed by atoms with Gasteiger partial charge in [0, 0.05) is 11.4 Å². The van der Waals surface area contributed by atoms with E-state index < -0.39 is 0 Å². The number of nitrogen functional groups attached to an aromatic ring is 1. The summed E-state index contributed by atoms with van der Waals surface area (Å²) in [6.45, 7) is 3.78. The van der Waals surface area contributed by atoms with Crippen LogP contribution in [0.4, 0.5) is 11.6 Å². The van der Waals surface area contributed by atoms with Crippen molar-refractivity contribution in [3.63, 3.8) is 0 Å². The number of aromatic nitrogens is 2. The second-order valence-corrected chi connectivity index (χ2v) is 5.42. The molecule has 0 aliphatic heterocycles. The van der Waals surface area contributed by atoms with Gasteiger partial charge in [0.25, 0.3) is 0 Å².